The maximum Gasteiger partial charge on any atom is 0.243 e. The number of amides is 1. The number of nitrogens with one attached hydrogen (secondary N) is 1. The van der Waals surface area contributed by atoms with Crippen LogP contribution in [0.4, 0.5) is 0 Å². The number of rotatable bonds is 9. The van der Waals surface area contributed by atoms with Crippen molar-refractivity contribution >= 4 is 27.5 Å². The van der Waals surface area contributed by atoms with Gasteiger partial charge >= 0.3 is 0 Å². The van der Waals surface area contributed by atoms with E-state index in [4.69, 9.17) is 16.3 Å². The summed E-state index contributed by atoms with van der Waals surface area (Å²) in [5.41, 5.74) is 3.11. The summed E-state index contributed by atoms with van der Waals surface area (Å²) in [4.78, 5) is 13.2. The minimum atomic E-state index is -4.02. The first-order valence-corrected chi connectivity index (χ1v) is 13.5. The number of aryl methyl sites for hydroxylation is 1. The largest absolute Gasteiger partial charge is 0.492 e. The van der Waals surface area contributed by atoms with Gasteiger partial charge in [0.05, 0.1) is 29.1 Å². The molecule has 1 aliphatic carbocycles. The molecule has 0 aromatic heterocycles. The predicted octanol–water partition coefficient (Wildman–Crippen LogP) is 5.12. The Balaban J connectivity index is 1.58. The van der Waals surface area contributed by atoms with Gasteiger partial charge in [0, 0.05) is 6.54 Å². The van der Waals surface area contributed by atoms with Crippen LogP contribution in [0.2, 0.25) is 5.02 Å². The van der Waals surface area contributed by atoms with Crippen molar-refractivity contribution in [3.8, 4) is 5.75 Å². The van der Waals surface area contributed by atoms with E-state index in [1.165, 1.54) is 22.0 Å². The van der Waals surface area contributed by atoms with Crippen molar-refractivity contribution in [2.75, 3.05) is 13.2 Å². The number of carbonyl (C=O) groups excluding carboxylic acids is 1. The van der Waals surface area contributed by atoms with Crippen molar-refractivity contribution in [1.29, 1.82) is 0 Å². The second kappa shape index (κ2) is 11.2. The summed E-state index contributed by atoms with van der Waals surface area (Å²) in [6.45, 7) is 1.99. The van der Waals surface area contributed by atoms with Crippen LogP contribution in [0.3, 0.4) is 0 Å². The van der Waals surface area contributed by atoms with Gasteiger partial charge in [-0.15, -0.1) is 0 Å². The van der Waals surface area contributed by atoms with Crippen molar-refractivity contribution in [2.45, 2.75) is 43.7 Å². The van der Waals surface area contributed by atoms with Crippen molar-refractivity contribution in [3.63, 3.8) is 0 Å². The van der Waals surface area contributed by atoms with Crippen LogP contribution in [0.5, 0.6) is 5.75 Å². The molecule has 35 heavy (non-hydrogen) atoms. The van der Waals surface area contributed by atoms with Crippen LogP contribution in [0, 0.1) is 0 Å². The van der Waals surface area contributed by atoms with Crippen LogP contribution in [0.1, 0.15) is 42.5 Å². The molecular weight excluding hydrogens is 484 g/mol. The maximum atomic E-state index is 13.6. The van der Waals surface area contributed by atoms with E-state index in [1.54, 1.807) is 6.07 Å². The smallest absolute Gasteiger partial charge is 0.243 e. The van der Waals surface area contributed by atoms with Gasteiger partial charge in [0.2, 0.25) is 15.9 Å². The van der Waals surface area contributed by atoms with Crippen LogP contribution in [0.15, 0.2) is 77.7 Å². The third-order valence-electron chi connectivity index (χ3n) is 6.07. The quantitative estimate of drug-likeness (QED) is 0.431. The molecule has 6 nitrogen and oxygen atoms in total. The Morgan fingerprint density at radius 1 is 1.09 bits per heavy atom. The zero-order valence-corrected chi connectivity index (χ0v) is 21.2. The van der Waals surface area contributed by atoms with Gasteiger partial charge < -0.3 is 10.1 Å². The molecule has 1 aliphatic rings. The zero-order valence-electron chi connectivity index (χ0n) is 19.6. The lowest BCUT2D eigenvalue weighted by atomic mass is 9.88. The molecule has 8 heteroatoms. The highest BCUT2D eigenvalue weighted by Gasteiger charge is 2.29. The number of carbonyl (C=O) groups is 1. The van der Waals surface area contributed by atoms with Crippen molar-refractivity contribution < 1.29 is 17.9 Å². The van der Waals surface area contributed by atoms with E-state index in [1.807, 2.05) is 55.5 Å². The summed E-state index contributed by atoms with van der Waals surface area (Å²) >= 11 is 6.27. The van der Waals surface area contributed by atoms with Gasteiger partial charge in [-0.25, -0.2) is 8.42 Å². The number of hydrogen-bond acceptors (Lipinski definition) is 4. The molecule has 1 N–H and O–H groups in total. The molecule has 0 spiro atoms. The van der Waals surface area contributed by atoms with E-state index in [0.29, 0.717) is 12.4 Å². The first kappa shape index (κ1) is 25.2. The summed E-state index contributed by atoms with van der Waals surface area (Å²) in [6.07, 6.45) is 2.77. The van der Waals surface area contributed by atoms with Gasteiger partial charge in [0.25, 0.3) is 0 Å². The molecule has 0 saturated heterocycles. The van der Waals surface area contributed by atoms with Gasteiger partial charge in [-0.1, -0.05) is 66.2 Å². The minimum Gasteiger partial charge on any atom is -0.492 e. The number of hydrogen-bond donors (Lipinski definition) is 1. The molecule has 0 radical (unpaired) electrons. The first-order valence-electron chi connectivity index (χ1n) is 11.7. The zero-order chi connectivity index (χ0) is 24.8. The Bertz CT molecular complexity index is 1280. The Morgan fingerprint density at radius 2 is 1.83 bits per heavy atom. The Hall–Kier alpha value is -2.87. The molecule has 4 rings (SSSR count). The molecule has 184 valence electrons. The molecule has 0 bridgehead atoms. The van der Waals surface area contributed by atoms with Gasteiger partial charge in [-0.05, 0) is 61.1 Å². The van der Waals surface area contributed by atoms with Crippen LogP contribution >= 0.6 is 11.6 Å². The second-order valence-electron chi connectivity index (χ2n) is 8.50. The van der Waals surface area contributed by atoms with E-state index in [0.717, 1.165) is 30.4 Å². The Kier molecular flexibility index (Phi) is 8.11. The van der Waals surface area contributed by atoms with E-state index >= 15 is 0 Å². The van der Waals surface area contributed by atoms with Crippen molar-refractivity contribution in [1.82, 2.24) is 9.62 Å². The number of benzene rings is 3. The van der Waals surface area contributed by atoms with E-state index in [9.17, 15) is 13.2 Å². The Morgan fingerprint density at radius 3 is 2.57 bits per heavy atom. The van der Waals surface area contributed by atoms with Crippen LogP contribution < -0.4 is 10.1 Å². The number of ether oxygens (including phenoxy) is 1. The molecule has 3 aromatic rings. The predicted molar refractivity (Wildman–Crippen MR) is 137 cm³/mol. The molecule has 0 fully saturated rings. The number of halogens is 1. The maximum absolute atomic E-state index is 13.6. The summed E-state index contributed by atoms with van der Waals surface area (Å²) in [5.74, 6) is 0.0691. The highest BCUT2D eigenvalue weighted by Crippen LogP contribution is 2.31. The van der Waals surface area contributed by atoms with Gasteiger partial charge in [0.15, 0.2) is 0 Å². The molecule has 0 saturated carbocycles. The summed E-state index contributed by atoms with van der Waals surface area (Å²) in [6, 6.07) is 21.5. The average molecular weight is 513 g/mol. The van der Waals surface area contributed by atoms with Crippen LogP contribution in [-0.4, -0.2) is 31.8 Å². The van der Waals surface area contributed by atoms with Crippen molar-refractivity contribution in [3.05, 3.63) is 94.5 Å². The molecule has 3 aromatic carbocycles. The van der Waals surface area contributed by atoms with E-state index in [-0.39, 0.29) is 35.0 Å². The first-order chi connectivity index (χ1) is 16.9. The molecule has 1 amide bonds. The third kappa shape index (κ3) is 6.04. The number of nitrogens with zero attached hydrogens (tertiary/aromatic N) is 1. The SMILES string of the molecule is CCOc1ccc(S(=O)(=O)N(CC(=O)NC2CCCc3ccccc32)Cc2ccccc2)cc1Cl. The van der Waals surface area contributed by atoms with Crippen LogP contribution in [0.25, 0.3) is 0 Å². The lowest BCUT2D eigenvalue weighted by Gasteiger charge is -2.28. The number of sulfonamides is 1. The van der Waals surface area contributed by atoms with Gasteiger partial charge in [0.1, 0.15) is 5.75 Å². The monoisotopic (exact) mass is 512 g/mol. The molecule has 1 atom stereocenters. The van der Waals surface area contributed by atoms with Crippen molar-refractivity contribution in [2.24, 2.45) is 0 Å². The second-order valence-corrected chi connectivity index (χ2v) is 10.8. The summed E-state index contributed by atoms with van der Waals surface area (Å²) < 4.78 is 33.9. The topological polar surface area (TPSA) is 75.7 Å². The highest BCUT2D eigenvalue weighted by atomic mass is 35.5. The fourth-order valence-electron chi connectivity index (χ4n) is 4.38. The molecular formula is C27H29ClN2O4S. The van der Waals surface area contributed by atoms with Gasteiger partial charge in [-0.2, -0.15) is 4.31 Å². The van der Waals surface area contributed by atoms with Gasteiger partial charge in [-0.3, -0.25) is 4.79 Å². The lowest BCUT2D eigenvalue weighted by molar-refractivity contribution is -0.122. The number of fused-ring (bicyclic) bond motifs is 1. The lowest BCUT2D eigenvalue weighted by Crippen LogP contribution is -2.42. The highest BCUT2D eigenvalue weighted by molar-refractivity contribution is 7.89. The molecule has 0 aliphatic heterocycles. The van der Waals surface area contributed by atoms with Crippen LogP contribution in [-0.2, 0) is 27.8 Å². The minimum absolute atomic E-state index is 0.0118. The summed E-state index contributed by atoms with van der Waals surface area (Å²) in [5, 5.41) is 3.27. The van der Waals surface area contributed by atoms with E-state index in [2.05, 4.69) is 11.4 Å². The van der Waals surface area contributed by atoms with E-state index < -0.39 is 10.0 Å². The standard InChI is InChI=1S/C27H29ClN2O4S/c1-2-34-26-16-15-22(17-24(26)28)35(32,33)30(18-20-9-4-3-5-10-20)19-27(31)29-25-14-8-12-21-11-6-7-13-23(21)25/h3-7,9-11,13,15-17,25H,2,8,12,14,18-19H2,1H3,(H,29,31). The summed E-state index contributed by atoms with van der Waals surface area (Å²) in [7, 11) is -4.02. The molecule has 1 unspecified atom stereocenters. The molecule has 0 heterocycles. The fourth-order valence-corrected chi connectivity index (χ4v) is 6.09. The normalized spacial score (nSPS) is 15.5. The fraction of sp³-hybridized carbons (Fsp3) is 0.296. The Labute approximate surface area is 211 Å². The average Bonchev–Trinajstić information content (AvgIpc) is 2.86. The third-order valence-corrected chi connectivity index (χ3v) is 8.15.